The molecule has 1 aliphatic rings. The van der Waals surface area contributed by atoms with Crippen molar-refractivity contribution in [1.29, 1.82) is 0 Å². The number of sulfonamides is 1. The summed E-state index contributed by atoms with van der Waals surface area (Å²) in [7, 11) is -3.82. The molecule has 1 atom stereocenters. The predicted molar refractivity (Wildman–Crippen MR) is 116 cm³/mol. The van der Waals surface area contributed by atoms with Gasteiger partial charge in [-0.05, 0) is 68.9 Å². The zero-order valence-corrected chi connectivity index (χ0v) is 17.4. The van der Waals surface area contributed by atoms with Crippen LogP contribution in [0.2, 0.25) is 0 Å². The number of nitrogens with one attached hydrogen (secondary N) is 2. The first kappa shape index (κ1) is 20.8. The van der Waals surface area contributed by atoms with Crippen LogP contribution in [0.4, 0.5) is 5.69 Å². The van der Waals surface area contributed by atoms with Crippen LogP contribution in [0.5, 0.6) is 0 Å². The average Bonchev–Trinajstić information content (AvgIpc) is 2.71. The summed E-state index contributed by atoms with van der Waals surface area (Å²) in [5.41, 5.74) is 5.10. The van der Waals surface area contributed by atoms with E-state index in [-0.39, 0.29) is 10.5 Å². The number of carbonyl (C=O) groups is 1. The minimum Gasteiger partial charge on any atom is -0.279 e. The van der Waals surface area contributed by atoms with Crippen LogP contribution in [0.1, 0.15) is 40.7 Å². The van der Waals surface area contributed by atoms with Crippen molar-refractivity contribution < 1.29 is 13.2 Å². The van der Waals surface area contributed by atoms with Crippen LogP contribution < -0.4 is 10.1 Å². The molecule has 0 aromatic heterocycles. The van der Waals surface area contributed by atoms with E-state index in [9.17, 15) is 13.2 Å². The SMILES string of the molecule is Cc1ccc(NS(=O)(=O)c2cccc(C(=O)N/N=C\[C@H]3CC=CCC3)c2)c(C)c1. The third-order valence-electron chi connectivity index (χ3n) is 4.79. The second-order valence-corrected chi connectivity index (χ2v) is 8.90. The maximum atomic E-state index is 12.8. The number of amides is 1. The second kappa shape index (κ2) is 9.05. The molecule has 6 nitrogen and oxygen atoms in total. The molecule has 0 unspecified atom stereocenters. The van der Waals surface area contributed by atoms with E-state index in [2.05, 4.69) is 27.4 Å². The molecule has 2 aromatic rings. The molecule has 0 aliphatic heterocycles. The summed E-state index contributed by atoms with van der Waals surface area (Å²) < 4.78 is 28.1. The first-order valence-corrected chi connectivity index (χ1v) is 11.0. The molecule has 29 heavy (non-hydrogen) atoms. The van der Waals surface area contributed by atoms with E-state index in [1.54, 1.807) is 24.4 Å². The summed E-state index contributed by atoms with van der Waals surface area (Å²) in [6, 6.07) is 11.4. The highest BCUT2D eigenvalue weighted by molar-refractivity contribution is 7.92. The molecule has 1 amide bonds. The Kier molecular flexibility index (Phi) is 6.49. The van der Waals surface area contributed by atoms with Gasteiger partial charge in [0.2, 0.25) is 0 Å². The van der Waals surface area contributed by atoms with Gasteiger partial charge in [-0.15, -0.1) is 0 Å². The lowest BCUT2D eigenvalue weighted by molar-refractivity contribution is 0.0954. The van der Waals surface area contributed by atoms with E-state index in [0.29, 0.717) is 11.6 Å². The smallest absolute Gasteiger partial charge is 0.271 e. The minimum absolute atomic E-state index is 0.0199. The van der Waals surface area contributed by atoms with Crippen molar-refractivity contribution in [3.05, 3.63) is 71.3 Å². The molecule has 0 saturated heterocycles. The fourth-order valence-electron chi connectivity index (χ4n) is 3.15. The standard InChI is InChI=1S/C22H25N3O3S/c1-16-11-12-21(17(2)13-16)25-29(27,28)20-10-6-9-19(14-20)22(26)24-23-15-18-7-4-3-5-8-18/h3-4,6,9-15,18,25H,5,7-8H2,1-2H3,(H,24,26)/b23-15-/t18-/m0/s1. The van der Waals surface area contributed by atoms with Crippen LogP contribution in [0.15, 0.2) is 64.6 Å². The summed E-state index contributed by atoms with van der Waals surface area (Å²) in [6.45, 7) is 3.79. The lowest BCUT2D eigenvalue weighted by atomic mass is 9.96. The number of carbonyl (C=O) groups excluding carboxylic acids is 1. The number of anilines is 1. The third-order valence-corrected chi connectivity index (χ3v) is 6.16. The lowest BCUT2D eigenvalue weighted by Crippen LogP contribution is -2.20. The fraction of sp³-hybridized carbons (Fsp3) is 0.273. The number of allylic oxidation sites excluding steroid dienone is 2. The van der Waals surface area contributed by atoms with E-state index in [0.717, 1.165) is 30.4 Å². The number of aryl methyl sites for hydroxylation is 2. The molecule has 0 heterocycles. The quantitative estimate of drug-likeness (QED) is 0.425. The molecular formula is C22H25N3O3S. The molecule has 0 saturated carbocycles. The number of benzene rings is 2. The van der Waals surface area contributed by atoms with Crippen LogP contribution in [-0.2, 0) is 10.0 Å². The van der Waals surface area contributed by atoms with Crippen molar-refractivity contribution in [3.8, 4) is 0 Å². The Morgan fingerprint density at radius 1 is 1.14 bits per heavy atom. The highest BCUT2D eigenvalue weighted by Gasteiger charge is 2.17. The molecule has 0 fully saturated rings. The molecule has 3 rings (SSSR count). The van der Waals surface area contributed by atoms with Crippen molar-refractivity contribution in [3.63, 3.8) is 0 Å². The normalized spacial score (nSPS) is 16.7. The van der Waals surface area contributed by atoms with Gasteiger partial charge in [0.1, 0.15) is 0 Å². The van der Waals surface area contributed by atoms with Gasteiger partial charge in [0, 0.05) is 11.8 Å². The summed E-state index contributed by atoms with van der Waals surface area (Å²) >= 11 is 0. The molecule has 2 N–H and O–H groups in total. The Bertz CT molecular complexity index is 1060. The third kappa shape index (κ3) is 5.54. The fourth-order valence-corrected chi connectivity index (χ4v) is 4.33. The zero-order valence-electron chi connectivity index (χ0n) is 16.6. The monoisotopic (exact) mass is 411 g/mol. The summed E-state index contributed by atoms with van der Waals surface area (Å²) in [5.74, 6) is -0.134. The largest absolute Gasteiger partial charge is 0.279 e. The van der Waals surface area contributed by atoms with Crippen molar-refractivity contribution in [2.45, 2.75) is 38.0 Å². The molecule has 7 heteroatoms. The van der Waals surface area contributed by atoms with E-state index < -0.39 is 15.9 Å². The summed E-state index contributed by atoms with van der Waals surface area (Å²) in [5, 5.41) is 4.03. The van der Waals surface area contributed by atoms with Gasteiger partial charge in [0.05, 0.1) is 10.6 Å². The number of hydrazone groups is 1. The van der Waals surface area contributed by atoms with Crippen LogP contribution >= 0.6 is 0 Å². The van der Waals surface area contributed by atoms with Gasteiger partial charge < -0.3 is 0 Å². The summed E-state index contributed by atoms with van der Waals surface area (Å²) in [4.78, 5) is 12.4. The molecule has 0 radical (unpaired) electrons. The Hall–Kier alpha value is -2.93. The van der Waals surface area contributed by atoms with E-state index in [1.807, 2.05) is 26.0 Å². The Morgan fingerprint density at radius 3 is 2.69 bits per heavy atom. The first-order chi connectivity index (χ1) is 13.8. The number of rotatable bonds is 6. The Morgan fingerprint density at radius 2 is 1.97 bits per heavy atom. The number of hydrogen-bond acceptors (Lipinski definition) is 4. The second-order valence-electron chi connectivity index (χ2n) is 7.22. The Labute approximate surface area is 171 Å². The van der Waals surface area contributed by atoms with Gasteiger partial charge in [0.15, 0.2) is 0 Å². The van der Waals surface area contributed by atoms with Gasteiger partial charge in [-0.2, -0.15) is 5.10 Å². The molecule has 1 aliphatic carbocycles. The number of hydrogen-bond donors (Lipinski definition) is 2. The lowest BCUT2D eigenvalue weighted by Gasteiger charge is -2.12. The van der Waals surface area contributed by atoms with E-state index >= 15 is 0 Å². The highest BCUT2D eigenvalue weighted by Crippen LogP contribution is 2.21. The zero-order chi connectivity index (χ0) is 20.9. The predicted octanol–water partition coefficient (Wildman–Crippen LogP) is 4.18. The Balaban J connectivity index is 1.71. The van der Waals surface area contributed by atoms with Crippen molar-refractivity contribution >= 4 is 27.8 Å². The van der Waals surface area contributed by atoms with Gasteiger partial charge in [-0.25, -0.2) is 13.8 Å². The van der Waals surface area contributed by atoms with Crippen molar-refractivity contribution in [1.82, 2.24) is 5.43 Å². The molecule has 2 aromatic carbocycles. The maximum Gasteiger partial charge on any atom is 0.271 e. The molecule has 0 bridgehead atoms. The van der Waals surface area contributed by atoms with Crippen molar-refractivity contribution in [2.75, 3.05) is 4.72 Å². The van der Waals surface area contributed by atoms with Gasteiger partial charge in [-0.3, -0.25) is 9.52 Å². The van der Waals surface area contributed by atoms with Crippen LogP contribution in [0, 0.1) is 19.8 Å². The van der Waals surface area contributed by atoms with Crippen LogP contribution in [0.3, 0.4) is 0 Å². The first-order valence-electron chi connectivity index (χ1n) is 9.54. The van der Waals surface area contributed by atoms with Crippen LogP contribution in [0.25, 0.3) is 0 Å². The topological polar surface area (TPSA) is 87.6 Å². The average molecular weight is 412 g/mol. The molecule has 152 valence electrons. The van der Waals surface area contributed by atoms with E-state index in [1.165, 1.54) is 12.1 Å². The van der Waals surface area contributed by atoms with Gasteiger partial charge >= 0.3 is 0 Å². The van der Waals surface area contributed by atoms with Gasteiger partial charge in [-0.1, -0.05) is 35.9 Å². The van der Waals surface area contributed by atoms with E-state index in [4.69, 9.17) is 0 Å². The molecular weight excluding hydrogens is 386 g/mol. The summed E-state index contributed by atoms with van der Waals surface area (Å²) in [6.07, 6.45) is 8.92. The highest BCUT2D eigenvalue weighted by atomic mass is 32.2. The minimum atomic E-state index is -3.82. The molecule has 0 spiro atoms. The number of nitrogens with zero attached hydrogens (tertiary/aromatic N) is 1. The van der Waals surface area contributed by atoms with Crippen molar-refractivity contribution in [2.24, 2.45) is 11.0 Å². The maximum absolute atomic E-state index is 12.8. The van der Waals surface area contributed by atoms with Crippen LogP contribution in [-0.4, -0.2) is 20.5 Å². The van der Waals surface area contributed by atoms with Gasteiger partial charge in [0.25, 0.3) is 15.9 Å².